The Morgan fingerprint density at radius 2 is 1.83 bits per heavy atom. The normalized spacial score (nSPS) is 20.2. The Morgan fingerprint density at radius 3 is 2.48 bits per heavy atom. The molecule has 1 aliphatic heterocycles. The zero-order chi connectivity index (χ0) is 39.1. The number of phosphoric acid groups is 3. The lowest BCUT2D eigenvalue weighted by molar-refractivity contribution is -0.126. The number of nitrogen functional groups attached to an aromatic ring is 1. The third-order valence-corrected chi connectivity index (χ3v) is 12.9. The summed E-state index contributed by atoms with van der Waals surface area (Å²) in [5.41, 5.74) is 4.97. The topological polar surface area (TPSA) is 325 Å². The Labute approximate surface area is 306 Å². The minimum atomic E-state index is -5.76. The molecule has 294 valence electrons. The molecule has 6 atom stereocenters. The number of unbranched alkanes of at least 4 members (excludes halogenated alkanes) is 3. The van der Waals surface area contributed by atoms with Crippen LogP contribution in [0, 0.1) is 11.8 Å². The van der Waals surface area contributed by atoms with Gasteiger partial charge < -0.3 is 45.8 Å². The molecule has 2 heterocycles. The SMILES string of the molecule is CCCCCCC(=O)C(CSSCCC(=O)NCC#Cc1cn(C2CC(O)C(COP(=O)(O)OP(=O)(O)OP(=O)(O)O)O2)c(=O)nc1N)NC(C)=O. The summed E-state index contributed by atoms with van der Waals surface area (Å²) >= 11 is 0. The molecule has 52 heavy (non-hydrogen) atoms. The summed E-state index contributed by atoms with van der Waals surface area (Å²) in [6.45, 7) is 2.40. The summed E-state index contributed by atoms with van der Waals surface area (Å²) in [4.78, 5) is 88.6. The minimum Gasteiger partial charge on any atom is -0.390 e. The van der Waals surface area contributed by atoms with Crippen LogP contribution >= 0.6 is 45.1 Å². The molecule has 26 heteroatoms. The molecule has 0 bridgehead atoms. The summed E-state index contributed by atoms with van der Waals surface area (Å²) in [6.07, 6.45) is 1.26. The number of hydrogen-bond donors (Lipinski definition) is 8. The number of aliphatic hydroxyl groups is 1. The molecular weight excluding hydrogens is 795 g/mol. The molecule has 1 fully saturated rings. The monoisotopic (exact) mass is 837 g/mol. The van der Waals surface area contributed by atoms with Crippen LogP contribution in [0.25, 0.3) is 0 Å². The van der Waals surface area contributed by atoms with Crippen molar-refractivity contribution in [2.75, 3.05) is 30.4 Å². The van der Waals surface area contributed by atoms with E-state index in [0.29, 0.717) is 17.9 Å². The van der Waals surface area contributed by atoms with Gasteiger partial charge in [-0.15, -0.1) is 0 Å². The standard InChI is InChI=1S/C26H42N5O16P3S2/c1-3-4-5-6-9-20(33)19(29-17(2)32)16-52-51-12-10-23(35)28-11-7-8-18-14-31(26(36)30-25(18)27)24-13-21(34)22(45-24)15-44-49(40,41)47-50(42,43)46-48(37,38)39/h14,19,21-22,24,34H,3-6,9-13,15-16H2,1-2H3,(H,28,35)(H,29,32)(H,40,41)(H,42,43)(H2,27,30,36)(H2,37,38,39). The molecule has 2 amide bonds. The molecule has 0 saturated carbocycles. The van der Waals surface area contributed by atoms with Gasteiger partial charge >= 0.3 is 29.2 Å². The summed E-state index contributed by atoms with van der Waals surface area (Å²) in [7, 11) is -14.1. The molecule has 0 aliphatic carbocycles. The quantitative estimate of drug-likeness (QED) is 0.0351. The minimum absolute atomic E-state index is 0.0211. The molecule has 9 N–H and O–H groups in total. The first-order valence-corrected chi connectivity index (χ1v) is 22.5. The van der Waals surface area contributed by atoms with E-state index in [2.05, 4.69) is 47.5 Å². The molecule has 21 nitrogen and oxygen atoms in total. The number of anilines is 1. The largest absolute Gasteiger partial charge is 0.490 e. The molecule has 0 aromatic carbocycles. The lowest BCUT2D eigenvalue weighted by atomic mass is 10.1. The summed E-state index contributed by atoms with van der Waals surface area (Å²) in [6, 6.07) is -0.595. The van der Waals surface area contributed by atoms with Crippen LogP contribution in [-0.4, -0.2) is 94.7 Å². The molecule has 1 aromatic heterocycles. The van der Waals surface area contributed by atoms with Crippen molar-refractivity contribution in [2.45, 2.75) is 83.3 Å². The van der Waals surface area contributed by atoms with Crippen molar-refractivity contribution >= 4 is 68.5 Å². The molecule has 1 aromatic rings. The Kier molecular flexibility index (Phi) is 19.2. The maximum absolute atomic E-state index is 12.5. The van der Waals surface area contributed by atoms with Crippen LogP contribution in [-0.2, 0) is 46.0 Å². The number of nitrogens with one attached hydrogen (secondary N) is 2. The molecule has 6 unspecified atom stereocenters. The number of carbonyl (C=O) groups excluding carboxylic acids is 3. The highest BCUT2D eigenvalue weighted by atomic mass is 33.1. The second-order valence-electron chi connectivity index (χ2n) is 11.0. The van der Waals surface area contributed by atoms with E-state index in [-0.39, 0.29) is 48.4 Å². The average Bonchev–Trinajstić information content (AvgIpc) is 3.38. The van der Waals surface area contributed by atoms with Crippen LogP contribution in [0.1, 0.15) is 70.6 Å². The lowest BCUT2D eigenvalue weighted by Gasteiger charge is -2.19. The highest BCUT2D eigenvalue weighted by Gasteiger charge is 2.43. The van der Waals surface area contributed by atoms with Crippen molar-refractivity contribution in [3.63, 3.8) is 0 Å². The molecule has 1 saturated heterocycles. The van der Waals surface area contributed by atoms with Gasteiger partial charge in [-0.3, -0.25) is 23.5 Å². The van der Waals surface area contributed by atoms with Crippen molar-refractivity contribution in [1.82, 2.24) is 20.2 Å². The molecule has 0 radical (unpaired) electrons. The summed E-state index contributed by atoms with van der Waals surface area (Å²) in [5.74, 6) is 5.28. The molecular formula is C26H42N5O16P3S2. The smallest absolute Gasteiger partial charge is 0.390 e. The average molecular weight is 838 g/mol. The van der Waals surface area contributed by atoms with Gasteiger partial charge in [-0.2, -0.15) is 13.6 Å². The van der Waals surface area contributed by atoms with Gasteiger partial charge in [-0.05, 0) is 6.42 Å². The first kappa shape index (κ1) is 46.0. The number of aromatic nitrogens is 2. The van der Waals surface area contributed by atoms with Gasteiger partial charge in [0.1, 0.15) is 18.1 Å². The number of nitrogens with two attached hydrogens (primary N) is 1. The number of hydrogen-bond acceptors (Lipinski definition) is 16. The van der Waals surface area contributed by atoms with Crippen LogP contribution in [0.5, 0.6) is 0 Å². The van der Waals surface area contributed by atoms with Crippen LogP contribution in [0.3, 0.4) is 0 Å². The highest BCUT2D eigenvalue weighted by Crippen LogP contribution is 2.66. The van der Waals surface area contributed by atoms with Crippen molar-refractivity contribution in [3.05, 3.63) is 22.2 Å². The predicted molar refractivity (Wildman–Crippen MR) is 188 cm³/mol. The number of phosphoric ester groups is 1. The Morgan fingerprint density at radius 1 is 1.12 bits per heavy atom. The van der Waals surface area contributed by atoms with Gasteiger partial charge in [-0.25, -0.2) is 18.5 Å². The van der Waals surface area contributed by atoms with Gasteiger partial charge in [0.25, 0.3) is 0 Å². The lowest BCUT2D eigenvalue weighted by Crippen LogP contribution is -2.41. The third-order valence-electron chi connectivity index (χ3n) is 6.68. The van der Waals surface area contributed by atoms with Crippen LogP contribution in [0.15, 0.2) is 11.0 Å². The number of amides is 2. The van der Waals surface area contributed by atoms with Crippen LogP contribution < -0.4 is 22.1 Å². The maximum Gasteiger partial charge on any atom is 0.490 e. The number of carbonyl (C=O) groups is 3. The number of ether oxygens (including phenoxy) is 1. The Hall–Kier alpha value is -2.12. The third kappa shape index (κ3) is 17.8. The number of ketones is 1. The van der Waals surface area contributed by atoms with E-state index in [9.17, 15) is 47.8 Å². The Bertz CT molecular complexity index is 1670. The van der Waals surface area contributed by atoms with E-state index < -0.39 is 60.2 Å². The van der Waals surface area contributed by atoms with Crippen molar-refractivity contribution < 1.29 is 70.6 Å². The van der Waals surface area contributed by atoms with Crippen molar-refractivity contribution in [1.29, 1.82) is 0 Å². The first-order chi connectivity index (χ1) is 24.2. The van der Waals surface area contributed by atoms with E-state index in [1.54, 1.807) is 0 Å². The van der Waals surface area contributed by atoms with Gasteiger partial charge in [0.15, 0.2) is 5.78 Å². The van der Waals surface area contributed by atoms with E-state index >= 15 is 0 Å². The van der Waals surface area contributed by atoms with Crippen LogP contribution in [0.2, 0.25) is 0 Å². The zero-order valence-electron chi connectivity index (χ0n) is 28.0. The van der Waals surface area contributed by atoms with Gasteiger partial charge in [0.2, 0.25) is 11.8 Å². The van der Waals surface area contributed by atoms with E-state index in [1.165, 1.54) is 34.7 Å². The van der Waals surface area contributed by atoms with E-state index in [4.69, 9.17) is 20.3 Å². The molecule has 1 aliphatic rings. The fourth-order valence-electron chi connectivity index (χ4n) is 4.33. The number of aliphatic hydroxyl groups excluding tert-OH is 1. The van der Waals surface area contributed by atoms with E-state index in [1.807, 2.05) is 0 Å². The first-order valence-electron chi connectivity index (χ1n) is 15.5. The Balaban J connectivity index is 1.86. The van der Waals surface area contributed by atoms with Gasteiger partial charge in [0, 0.05) is 43.9 Å². The maximum atomic E-state index is 12.5. The van der Waals surface area contributed by atoms with Gasteiger partial charge in [-0.1, -0.05) is 59.6 Å². The molecule has 2 rings (SSSR count). The molecule has 0 spiro atoms. The predicted octanol–water partition coefficient (Wildman–Crippen LogP) is 1.10. The van der Waals surface area contributed by atoms with Gasteiger partial charge in [0.05, 0.1) is 30.9 Å². The summed E-state index contributed by atoms with van der Waals surface area (Å²) < 4.78 is 52.4. The fourth-order valence-corrected chi connectivity index (χ4v) is 9.55. The second-order valence-corrected chi connectivity index (χ2v) is 18.1. The number of rotatable bonds is 22. The van der Waals surface area contributed by atoms with Crippen molar-refractivity contribution in [2.24, 2.45) is 0 Å². The number of nitrogens with zero attached hydrogens (tertiary/aromatic N) is 2. The fraction of sp³-hybridized carbons (Fsp3) is 0.654. The van der Waals surface area contributed by atoms with Crippen LogP contribution in [0.4, 0.5) is 5.82 Å². The number of Topliss-reactive ketones (excluding diaryl/α,β-unsaturated/α-hetero) is 1. The van der Waals surface area contributed by atoms with E-state index in [0.717, 1.165) is 30.3 Å². The van der Waals surface area contributed by atoms with Crippen molar-refractivity contribution in [3.8, 4) is 11.8 Å². The zero-order valence-corrected chi connectivity index (χ0v) is 32.3. The highest BCUT2D eigenvalue weighted by molar-refractivity contribution is 8.76. The second kappa shape index (κ2) is 21.7. The summed E-state index contributed by atoms with van der Waals surface area (Å²) in [5, 5.41) is 15.6.